The molecule has 1 heterocycles. The van der Waals surface area contributed by atoms with E-state index in [1.165, 1.54) is 39.0 Å². The zero-order valence-electron chi connectivity index (χ0n) is 18.7. The molecule has 2 nitrogen and oxygen atoms in total. The van der Waals surface area contributed by atoms with Gasteiger partial charge in [-0.25, -0.2) is 0 Å². The number of hydrogen-bond acceptors (Lipinski definition) is 1. The molecule has 4 rings (SSSR count). The zero-order valence-corrected chi connectivity index (χ0v) is 18.7. The van der Waals surface area contributed by atoms with Gasteiger partial charge in [-0.15, -0.1) is 0 Å². The minimum atomic E-state index is -0.0378. The Morgan fingerprint density at radius 3 is 2.27 bits per heavy atom. The Morgan fingerprint density at radius 1 is 0.867 bits per heavy atom. The number of hydrogen-bond donors (Lipinski definition) is 0. The zero-order chi connectivity index (χ0) is 21.3. The van der Waals surface area contributed by atoms with Crippen LogP contribution in [-0.2, 0) is 5.41 Å². The second-order valence-electron chi connectivity index (χ2n) is 8.64. The third kappa shape index (κ3) is 3.47. The molecule has 0 aliphatic carbocycles. The minimum Gasteiger partial charge on any atom is -0.378 e. The molecule has 0 aromatic heterocycles. The average Bonchev–Trinajstić information content (AvgIpc) is 2.97. The number of fused-ring (bicyclic) bond motifs is 3. The number of nitrogens with zero attached hydrogens (tertiary/aromatic N) is 2. The van der Waals surface area contributed by atoms with Gasteiger partial charge >= 0.3 is 0 Å². The van der Waals surface area contributed by atoms with E-state index in [1.807, 2.05) is 0 Å². The molecule has 0 saturated carbocycles. The molecular weight excluding hydrogens is 364 g/mol. The van der Waals surface area contributed by atoms with Crippen LogP contribution in [0.25, 0.3) is 16.8 Å². The van der Waals surface area contributed by atoms with Crippen molar-refractivity contribution in [2.45, 2.75) is 26.2 Å². The fraction of sp³-hybridized carbons (Fsp3) is 0.250. The Bertz CT molecular complexity index is 1160. The van der Waals surface area contributed by atoms with Crippen molar-refractivity contribution >= 4 is 33.9 Å². The van der Waals surface area contributed by atoms with E-state index < -0.39 is 0 Å². The van der Waals surface area contributed by atoms with Gasteiger partial charge < -0.3 is 4.90 Å². The van der Waals surface area contributed by atoms with Crippen LogP contribution in [0.2, 0.25) is 0 Å². The first-order valence-electron chi connectivity index (χ1n) is 10.7. The van der Waals surface area contributed by atoms with Crippen molar-refractivity contribution in [1.29, 1.82) is 0 Å². The topological polar surface area (TPSA) is 6.25 Å². The highest BCUT2D eigenvalue weighted by atomic mass is 15.1. The van der Waals surface area contributed by atoms with Crippen LogP contribution in [0.4, 0.5) is 11.4 Å². The van der Waals surface area contributed by atoms with Crippen LogP contribution in [-0.4, -0.2) is 30.9 Å². The average molecular weight is 396 g/mol. The summed E-state index contributed by atoms with van der Waals surface area (Å²) in [4.78, 5) is 2.12. The molecule has 0 N–H and O–H groups in total. The number of allylic oxidation sites excluding steroid dienone is 3. The van der Waals surface area contributed by atoms with Crippen LogP contribution in [0.3, 0.4) is 0 Å². The van der Waals surface area contributed by atoms with E-state index in [9.17, 15) is 0 Å². The Hall–Kier alpha value is -3.13. The highest BCUT2D eigenvalue weighted by Crippen LogP contribution is 2.44. The molecule has 0 atom stereocenters. The summed E-state index contributed by atoms with van der Waals surface area (Å²) in [7, 11) is 4.13. The smallest absolute Gasteiger partial charge is 0.210 e. The number of anilines is 1. The van der Waals surface area contributed by atoms with Gasteiger partial charge in [-0.05, 0) is 55.3 Å². The monoisotopic (exact) mass is 395 g/mol. The van der Waals surface area contributed by atoms with Gasteiger partial charge in [-0.3, -0.25) is 0 Å². The Balaban J connectivity index is 1.65. The molecule has 0 radical (unpaired) electrons. The largest absolute Gasteiger partial charge is 0.378 e. The molecule has 0 fully saturated rings. The molecule has 0 saturated heterocycles. The maximum Gasteiger partial charge on any atom is 0.210 e. The molecule has 0 amide bonds. The maximum absolute atomic E-state index is 2.46. The standard InChI is InChI=1S/C28H31N2/c1-6-30-25-20-17-22-12-8-9-13-24(22)27(25)28(2,3)26(30)14-10-7-11-21-15-18-23(19-16-21)29(4)5/h7-20H,6H2,1-5H3/q+1. The Labute approximate surface area is 180 Å². The Kier molecular flexibility index (Phi) is 5.34. The van der Waals surface area contributed by atoms with Gasteiger partial charge in [0.05, 0.1) is 5.41 Å². The number of benzene rings is 3. The van der Waals surface area contributed by atoms with E-state index in [2.05, 4.69) is 129 Å². The molecule has 1 aliphatic rings. The van der Waals surface area contributed by atoms with Crippen molar-refractivity contribution in [1.82, 2.24) is 0 Å². The molecule has 1 aliphatic heterocycles. The third-order valence-electron chi connectivity index (χ3n) is 6.13. The van der Waals surface area contributed by atoms with Crippen molar-refractivity contribution in [3.63, 3.8) is 0 Å². The molecule has 30 heavy (non-hydrogen) atoms. The predicted molar refractivity (Wildman–Crippen MR) is 131 cm³/mol. The van der Waals surface area contributed by atoms with Crippen LogP contribution >= 0.6 is 0 Å². The lowest BCUT2D eigenvalue weighted by Gasteiger charge is -2.17. The van der Waals surface area contributed by atoms with E-state index in [4.69, 9.17) is 0 Å². The van der Waals surface area contributed by atoms with E-state index in [1.54, 1.807) is 0 Å². The summed E-state index contributed by atoms with van der Waals surface area (Å²) >= 11 is 0. The molecule has 0 unspecified atom stereocenters. The first-order chi connectivity index (χ1) is 14.4. The van der Waals surface area contributed by atoms with Crippen molar-refractivity contribution in [3.05, 3.63) is 90.0 Å². The summed E-state index contributed by atoms with van der Waals surface area (Å²) in [5, 5.41) is 2.67. The van der Waals surface area contributed by atoms with Gasteiger partial charge in [-0.2, -0.15) is 4.58 Å². The van der Waals surface area contributed by atoms with Gasteiger partial charge in [0.2, 0.25) is 5.69 Å². The van der Waals surface area contributed by atoms with Crippen LogP contribution < -0.4 is 4.90 Å². The molecule has 0 spiro atoms. The fourth-order valence-electron chi connectivity index (χ4n) is 4.57. The first-order valence-corrected chi connectivity index (χ1v) is 10.7. The van der Waals surface area contributed by atoms with E-state index >= 15 is 0 Å². The molecular formula is C28H31N2+. The van der Waals surface area contributed by atoms with Crippen molar-refractivity contribution < 1.29 is 4.58 Å². The van der Waals surface area contributed by atoms with Crippen LogP contribution in [0.15, 0.2) is 78.9 Å². The molecule has 152 valence electrons. The normalized spacial score (nSPS) is 15.5. The molecule has 3 aromatic rings. The van der Waals surface area contributed by atoms with E-state index in [0.717, 1.165) is 6.54 Å². The van der Waals surface area contributed by atoms with Gasteiger partial charge in [0.25, 0.3) is 0 Å². The van der Waals surface area contributed by atoms with Crippen LogP contribution in [0, 0.1) is 0 Å². The highest BCUT2D eigenvalue weighted by molar-refractivity contribution is 6.07. The first kappa shape index (κ1) is 20.2. The molecule has 2 heteroatoms. The van der Waals surface area contributed by atoms with Gasteiger partial charge in [-0.1, -0.05) is 54.6 Å². The SMILES string of the molecule is CC[N+]1=C(C=CC=Cc2ccc(N(C)C)cc2)C(C)(C)c2c1ccc1ccccc21. The van der Waals surface area contributed by atoms with Gasteiger partial charge in [0.1, 0.15) is 6.54 Å². The summed E-state index contributed by atoms with van der Waals surface area (Å²) in [6.07, 6.45) is 8.76. The van der Waals surface area contributed by atoms with Gasteiger partial charge in [0, 0.05) is 37.5 Å². The summed E-state index contributed by atoms with van der Waals surface area (Å²) in [5.41, 5.74) is 6.51. The number of rotatable bonds is 5. The van der Waals surface area contributed by atoms with Crippen LogP contribution in [0.1, 0.15) is 31.9 Å². The summed E-state index contributed by atoms with van der Waals surface area (Å²) in [6.45, 7) is 7.88. The van der Waals surface area contributed by atoms with Crippen molar-refractivity contribution in [2.75, 3.05) is 25.5 Å². The van der Waals surface area contributed by atoms with E-state index in [-0.39, 0.29) is 5.41 Å². The maximum atomic E-state index is 2.46. The Morgan fingerprint density at radius 2 is 1.57 bits per heavy atom. The minimum absolute atomic E-state index is 0.0378. The van der Waals surface area contributed by atoms with Crippen molar-refractivity contribution in [2.24, 2.45) is 0 Å². The summed E-state index contributed by atoms with van der Waals surface area (Å²) in [6, 6.07) is 21.9. The van der Waals surface area contributed by atoms with E-state index in [0.29, 0.717) is 0 Å². The molecule has 3 aromatic carbocycles. The lowest BCUT2D eigenvalue weighted by molar-refractivity contribution is -0.433. The molecule has 0 bridgehead atoms. The van der Waals surface area contributed by atoms with Crippen molar-refractivity contribution in [3.8, 4) is 0 Å². The quantitative estimate of drug-likeness (QED) is 0.350. The third-order valence-corrected chi connectivity index (χ3v) is 6.13. The predicted octanol–water partition coefficient (Wildman–Crippen LogP) is 6.57. The lowest BCUT2D eigenvalue weighted by atomic mass is 9.79. The second kappa shape index (κ2) is 7.95. The highest BCUT2D eigenvalue weighted by Gasteiger charge is 2.44. The lowest BCUT2D eigenvalue weighted by Crippen LogP contribution is -2.27. The summed E-state index contributed by atoms with van der Waals surface area (Å²) < 4.78 is 2.46. The second-order valence-corrected chi connectivity index (χ2v) is 8.64. The van der Waals surface area contributed by atoms with Crippen LogP contribution in [0.5, 0.6) is 0 Å². The fourth-order valence-corrected chi connectivity index (χ4v) is 4.57. The van der Waals surface area contributed by atoms with Gasteiger partial charge in [0.15, 0.2) is 5.71 Å². The summed E-state index contributed by atoms with van der Waals surface area (Å²) in [5.74, 6) is 0.